The van der Waals surface area contributed by atoms with Crippen molar-refractivity contribution >= 4 is 32.1 Å². The number of hydrazine groups is 1. The lowest BCUT2D eigenvalue weighted by molar-refractivity contribution is 0.391. The van der Waals surface area contributed by atoms with Crippen molar-refractivity contribution < 1.29 is 8.42 Å². The van der Waals surface area contributed by atoms with Crippen molar-refractivity contribution in [2.45, 2.75) is 24.4 Å². The summed E-state index contributed by atoms with van der Waals surface area (Å²) in [6, 6.07) is 1.52. The van der Waals surface area contributed by atoms with Crippen LogP contribution in [0, 0.1) is 11.3 Å². The molecule has 0 aliphatic heterocycles. The van der Waals surface area contributed by atoms with Gasteiger partial charge in [-0.05, 0) is 6.92 Å². The monoisotopic (exact) mass is 314 g/mol. The molecule has 0 aliphatic carbocycles. The second-order valence-electron chi connectivity index (χ2n) is 4.20. The fourth-order valence-corrected chi connectivity index (χ4v) is 4.08. The van der Waals surface area contributed by atoms with Crippen LogP contribution in [-0.2, 0) is 10.0 Å². The Labute approximate surface area is 120 Å². The number of sulfonamides is 1. The molecule has 0 aromatic carbocycles. The van der Waals surface area contributed by atoms with Crippen molar-refractivity contribution in [1.82, 2.24) is 13.7 Å². The topological polar surface area (TPSA) is 117 Å². The molecular weight excluding hydrogens is 300 g/mol. The average Bonchev–Trinajstić information content (AvgIpc) is 2.96. The molecule has 108 valence electrons. The summed E-state index contributed by atoms with van der Waals surface area (Å²) in [6.45, 7) is 1.67. The third kappa shape index (κ3) is 2.25. The Kier molecular flexibility index (Phi) is 3.96. The van der Waals surface area contributed by atoms with Gasteiger partial charge in [0.1, 0.15) is 0 Å². The van der Waals surface area contributed by atoms with E-state index in [1.54, 1.807) is 18.5 Å². The zero-order valence-electron chi connectivity index (χ0n) is 10.9. The molecule has 0 saturated carbocycles. The highest BCUT2D eigenvalue weighted by Crippen LogP contribution is 2.28. The lowest BCUT2D eigenvalue weighted by Crippen LogP contribution is -2.36. The first-order valence-corrected chi connectivity index (χ1v) is 8.02. The van der Waals surface area contributed by atoms with Crippen LogP contribution in [0.1, 0.15) is 13.3 Å². The van der Waals surface area contributed by atoms with Gasteiger partial charge in [0.05, 0.1) is 12.5 Å². The average molecular weight is 314 g/mol. The predicted molar refractivity (Wildman–Crippen MR) is 75.5 cm³/mol. The number of nitrogens with two attached hydrogens (primary N) is 1. The third-order valence-electron chi connectivity index (χ3n) is 2.99. The van der Waals surface area contributed by atoms with Crippen molar-refractivity contribution in [3.05, 3.63) is 11.6 Å². The van der Waals surface area contributed by atoms with Crippen LogP contribution in [-0.4, -0.2) is 35.2 Å². The Balaban J connectivity index is 2.56. The highest BCUT2D eigenvalue weighted by atomic mass is 32.2. The molecule has 1 unspecified atom stereocenters. The molecule has 8 nitrogen and oxygen atoms in total. The van der Waals surface area contributed by atoms with Gasteiger partial charge in [0, 0.05) is 24.7 Å². The van der Waals surface area contributed by atoms with E-state index in [0.29, 0.717) is 4.96 Å². The van der Waals surface area contributed by atoms with Crippen molar-refractivity contribution in [2.24, 2.45) is 5.84 Å². The maximum Gasteiger partial charge on any atom is 0.262 e. The molecule has 2 aromatic rings. The van der Waals surface area contributed by atoms with Crippen LogP contribution in [0.2, 0.25) is 0 Å². The summed E-state index contributed by atoms with van der Waals surface area (Å²) < 4.78 is 27.9. The van der Waals surface area contributed by atoms with Gasteiger partial charge in [-0.2, -0.15) is 14.6 Å². The summed E-state index contributed by atoms with van der Waals surface area (Å²) in [7, 11) is -2.38. The minimum atomic E-state index is -3.81. The van der Waals surface area contributed by atoms with Gasteiger partial charge in [-0.1, -0.05) is 0 Å². The van der Waals surface area contributed by atoms with Gasteiger partial charge in [-0.25, -0.2) is 14.3 Å². The van der Waals surface area contributed by atoms with Crippen LogP contribution < -0.4 is 11.3 Å². The molecule has 0 bridgehead atoms. The maximum atomic E-state index is 12.7. The molecule has 0 saturated heterocycles. The molecule has 0 fully saturated rings. The number of hydrogen-bond donors (Lipinski definition) is 2. The van der Waals surface area contributed by atoms with Gasteiger partial charge in [0.25, 0.3) is 10.0 Å². The van der Waals surface area contributed by atoms with E-state index in [1.807, 2.05) is 6.07 Å². The van der Waals surface area contributed by atoms with Crippen molar-refractivity contribution in [1.29, 1.82) is 5.26 Å². The van der Waals surface area contributed by atoms with E-state index < -0.39 is 16.1 Å². The van der Waals surface area contributed by atoms with Crippen molar-refractivity contribution in [3.8, 4) is 6.07 Å². The number of imidazole rings is 1. The molecule has 0 spiro atoms. The summed E-state index contributed by atoms with van der Waals surface area (Å²) in [5.74, 6) is 5.44. The van der Waals surface area contributed by atoms with Crippen LogP contribution in [0.5, 0.6) is 0 Å². The van der Waals surface area contributed by atoms with Crippen LogP contribution in [0.3, 0.4) is 0 Å². The fraction of sp³-hybridized carbons (Fsp3) is 0.400. The smallest absolute Gasteiger partial charge is 0.262 e. The minimum absolute atomic E-state index is 0.0245. The number of hydrogen-bond acceptors (Lipinski definition) is 7. The van der Waals surface area contributed by atoms with E-state index in [2.05, 4.69) is 10.4 Å². The molecule has 3 N–H and O–H groups in total. The summed E-state index contributed by atoms with van der Waals surface area (Å²) in [5.41, 5.74) is 2.31. The van der Waals surface area contributed by atoms with Crippen LogP contribution in [0.4, 0.5) is 5.82 Å². The van der Waals surface area contributed by atoms with Gasteiger partial charge in [0.2, 0.25) is 5.03 Å². The highest BCUT2D eigenvalue weighted by molar-refractivity contribution is 7.89. The number of nitrogens with one attached hydrogen (secondary N) is 1. The van der Waals surface area contributed by atoms with Crippen molar-refractivity contribution in [2.75, 3.05) is 12.5 Å². The van der Waals surface area contributed by atoms with Crippen LogP contribution in [0.25, 0.3) is 4.96 Å². The summed E-state index contributed by atoms with van der Waals surface area (Å²) >= 11 is 1.31. The van der Waals surface area contributed by atoms with Crippen molar-refractivity contribution in [3.63, 3.8) is 0 Å². The van der Waals surface area contributed by atoms with Gasteiger partial charge < -0.3 is 5.43 Å². The first-order valence-electron chi connectivity index (χ1n) is 5.70. The predicted octanol–water partition coefficient (Wildman–Crippen LogP) is 0.604. The standard InChI is InChI=1S/C10H14N6O2S2/c1-7(3-4-11)15(2)20(17,18)9-8(14-12)13-10-16(9)5-6-19-10/h5-7,14H,3,12H2,1-2H3. The van der Waals surface area contributed by atoms with E-state index in [1.165, 1.54) is 22.8 Å². The minimum Gasteiger partial charge on any atom is -0.306 e. The van der Waals surface area contributed by atoms with Gasteiger partial charge in [0.15, 0.2) is 10.8 Å². The number of anilines is 1. The first-order chi connectivity index (χ1) is 9.43. The largest absolute Gasteiger partial charge is 0.306 e. The molecule has 2 rings (SSSR count). The zero-order chi connectivity index (χ0) is 14.9. The van der Waals surface area contributed by atoms with E-state index in [4.69, 9.17) is 11.1 Å². The number of aromatic nitrogens is 2. The molecule has 2 aromatic heterocycles. The second kappa shape index (κ2) is 5.37. The molecular formula is C10H14N6O2S2. The lowest BCUT2D eigenvalue weighted by atomic mass is 10.3. The number of nitrogens with zero attached hydrogens (tertiary/aromatic N) is 4. The van der Waals surface area contributed by atoms with Gasteiger partial charge >= 0.3 is 0 Å². The number of rotatable bonds is 5. The normalized spacial score (nSPS) is 13.6. The molecule has 0 amide bonds. The number of fused-ring (bicyclic) bond motifs is 1. The van der Waals surface area contributed by atoms with E-state index in [9.17, 15) is 8.42 Å². The Bertz CT molecular complexity index is 756. The Morgan fingerprint density at radius 3 is 3.00 bits per heavy atom. The number of nitrogen functional groups attached to an aromatic ring is 1. The maximum absolute atomic E-state index is 12.7. The third-order valence-corrected chi connectivity index (χ3v) is 5.74. The summed E-state index contributed by atoms with van der Waals surface area (Å²) in [6.07, 6.45) is 1.72. The molecule has 1 atom stereocenters. The molecule has 0 radical (unpaired) electrons. The lowest BCUT2D eigenvalue weighted by Gasteiger charge is -2.22. The Hall–Kier alpha value is -1.67. The highest BCUT2D eigenvalue weighted by Gasteiger charge is 2.32. The number of thiazole rings is 1. The SMILES string of the molecule is CC(CC#N)N(C)S(=O)(=O)c1c(NN)nc2sccn12. The zero-order valence-corrected chi connectivity index (χ0v) is 12.6. The fourth-order valence-electron chi connectivity index (χ4n) is 1.74. The van der Waals surface area contributed by atoms with E-state index >= 15 is 0 Å². The van der Waals surface area contributed by atoms with E-state index in [0.717, 1.165) is 4.31 Å². The van der Waals surface area contributed by atoms with E-state index in [-0.39, 0.29) is 17.3 Å². The second-order valence-corrected chi connectivity index (χ2v) is 6.98. The van der Waals surface area contributed by atoms with Gasteiger partial charge in [-0.3, -0.25) is 4.40 Å². The Morgan fingerprint density at radius 2 is 2.40 bits per heavy atom. The first kappa shape index (κ1) is 14.7. The summed E-state index contributed by atoms with van der Waals surface area (Å²) in [4.78, 5) is 4.65. The summed E-state index contributed by atoms with van der Waals surface area (Å²) in [5, 5.41) is 10.4. The number of nitriles is 1. The molecule has 0 aliphatic rings. The molecule has 20 heavy (non-hydrogen) atoms. The molecule has 2 heterocycles. The molecule has 10 heteroatoms. The van der Waals surface area contributed by atoms with Gasteiger partial charge in [-0.15, -0.1) is 11.3 Å². The van der Waals surface area contributed by atoms with Crippen LogP contribution >= 0.6 is 11.3 Å². The Morgan fingerprint density at radius 1 is 1.70 bits per heavy atom. The quantitative estimate of drug-likeness (QED) is 0.616. The van der Waals surface area contributed by atoms with Crippen LogP contribution in [0.15, 0.2) is 16.6 Å².